The molecule has 4 N–H and O–H groups in total. The lowest BCUT2D eigenvalue weighted by atomic mass is 9.65. The van der Waals surface area contributed by atoms with E-state index in [1.165, 1.54) is 28.4 Å². The summed E-state index contributed by atoms with van der Waals surface area (Å²) in [4.78, 5) is 39.5. The largest absolute Gasteiger partial charge is 0.493 e. The number of barbiturate groups is 1. The van der Waals surface area contributed by atoms with Gasteiger partial charge >= 0.3 is 6.03 Å². The van der Waals surface area contributed by atoms with Crippen molar-refractivity contribution in [1.29, 1.82) is 0 Å². The second-order valence-corrected chi connectivity index (χ2v) is 8.16. The van der Waals surface area contributed by atoms with Crippen molar-refractivity contribution in [3.8, 4) is 23.0 Å². The third-order valence-corrected chi connectivity index (χ3v) is 6.39. The smallest absolute Gasteiger partial charge is 0.328 e. The number of carbonyl (C=O) groups excluding carboxylic acids is 3. The van der Waals surface area contributed by atoms with E-state index in [0.717, 1.165) is 0 Å². The van der Waals surface area contributed by atoms with Crippen LogP contribution < -0.4 is 40.2 Å². The van der Waals surface area contributed by atoms with Crippen LogP contribution in [0.4, 0.5) is 4.79 Å². The predicted molar refractivity (Wildman–Crippen MR) is 128 cm³/mol. The van der Waals surface area contributed by atoms with Gasteiger partial charge in [0.1, 0.15) is 0 Å². The van der Waals surface area contributed by atoms with Crippen LogP contribution >= 0.6 is 12.2 Å². The van der Waals surface area contributed by atoms with Gasteiger partial charge in [-0.2, -0.15) is 0 Å². The Morgan fingerprint density at radius 3 is 1.51 bits per heavy atom. The number of methoxy groups -OCH3 is 4. The van der Waals surface area contributed by atoms with E-state index in [1.807, 2.05) is 0 Å². The lowest BCUT2D eigenvalue weighted by molar-refractivity contribution is -0.150. The summed E-state index contributed by atoms with van der Waals surface area (Å²) in [6, 6.07) is 7.06. The van der Waals surface area contributed by atoms with Crippen molar-refractivity contribution in [2.75, 3.05) is 28.4 Å². The molecule has 2 heterocycles. The van der Waals surface area contributed by atoms with Gasteiger partial charge in [0.15, 0.2) is 33.5 Å². The highest BCUT2D eigenvalue weighted by molar-refractivity contribution is 7.80. The van der Waals surface area contributed by atoms with Crippen LogP contribution in [-0.4, -0.2) is 51.4 Å². The molecular weight excluding hydrogens is 476 g/mol. The molecule has 0 aliphatic carbocycles. The normalized spacial score (nSPS) is 20.8. The van der Waals surface area contributed by atoms with E-state index >= 15 is 0 Å². The SMILES string of the molecule is COc1cccc([C@@H]2NC(=S)N[C@@H](c3cccc(OC)c3OC)C23C(=O)NC(=O)NC3=O)c1OC. The van der Waals surface area contributed by atoms with Crippen LogP contribution in [-0.2, 0) is 9.59 Å². The molecule has 0 bridgehead atoms. The molecule has 1 spiro atoms. The number of para-hydroxylation sites is 2. The third kappa shape index (κ3) is 3.66. The average Bonchev–Trinajstić information content (AvgIpc) is 2.85. The number of rotatable bonds is 6. The first-order valence-electron chi connectivity index (χ1n) is 10.5. The van der Waals surface area contributed by atoms with Gasteiger partial charge in [0, 0.05) is 11.1 Å². The minimum atomic E-state index is -1.96. The molecule has 2 aliphatic rings. The number of benzene rings is 2. The van der Waals surface area contributed by atoms with Gasteiger partial charge in [0.25, 0.3) is 0 Å². The standard InChI is InChI=1S/C23H24N4O7S/c1-31-13-9-5-7-11(15(13)33-3)17-23(19(28)26-21(30)27-20(23)29)18(25-22(35)24-17)12-8-6-10-14(32-2)16(12)34-4/h5-10,17-18H,1-4H3,(H2,24,25,35)(H2,26,27,28,29,30)/t17-,18-/m0/s1. The number of amides is 4. The number of hydrogen-bond acceptors (Lipinski definition) is 8. The van der Waals surface area contributed by atoms with Crippen LogP contribution in [0.2, 0.25) is 0 Å². The summed E-state index contributed by atoms with van der Waals surface area (Å²) in [6.45, 7) is 0. The summed E-state index contributed by atoms with van der Waals surface area (Å²) in [7, 11) is 5.84. The third-order valence-electron chi connectivity index (χ3n) is 6.16. The number of nitrogens with one attached hydrogen (secondary N) is 4. The molecule has 0 saturated carbocycles. The van der Waals surface area contributed by atoms with E-state index in [-0.39, 0.29) is 5.11 Å². The number of ether oxygens (including phenoxy) is 4. The van der Waals surface area contributed by atoms with Crippen LogP contribution in [0.25, 0.3) is 0 Å². The summed E-state index contributed by atoms with van der Waals surface area (Å²) in [5.41, 5.74) is -1.13. The maximum Gasteiger partial charge on any atom is 0.328 e. The Balaban J connectivity index is 2.04. The Labute approximate surface area is 206 Å². The molecule has 12 heteroatoms. The summed E-state index contributed by atoms with van der Waals surface area (Å²) in [5.74, 6) is -0.308. The topological polar surface area (TPSA) is 136 Å². The summed E-state index contributed by atoms with van der Waals surface area (Å²) < 4.78 is 22.1. The molecule has 2 fully saturated rings. The molecule has 11 nitrogen and oxygen atoms in total. The van der Waals surface area contributed by atoms with Crippen LogP contribution in [0.15, 0.2) is 36.4 Å². The van der Waals surface area contributed by atoms with Gasteiger partial charge in [-0.1, -0.05) is 24.3 Å². The average molecular weight is 501 g/mol. The van der Waals surface area contributed by atoms with E-state index < -0.39 is 35.3 Å². The molecule has 2 aromatic carbocycles. The van der Waals surface area contributed by atoms with Crippen molar-refractivity contribution in [3.63, 3.8) is 0 Å². The number of carbonyl (C=O) groups is 3. The summed E-state index contributed by atoms with van der Waals surface area (Å²) in [6.07, 6.45) is 0. The van der Waals surface area contributed by atoms with Gasteiger partial charge in [-0.05, 0) is 24.4 Å². The molecule has 2 saturated heterocycles. The van der Waals surface area contributed by atoms with Crippen molar-refractivity contribution in [2.24, 2.45) is 5.41 Å². The molecule has 0 aromatic heterocycles. The molecule has 0 radical (unpaired) electrons. The highest BCUT2D eigenvalue weighted by Gasteiger charge is 2.65. The van der Waals surface area contributed by atoms with E-state index in [1.54, 1.807) is 36.4 Å². The molecular formula is C23H24N4O7S. The molecule has 184 valence electrons. The maximum atomic E-state index is 13.7. The quantitative estimate of drug-likeness (QED) is 0.340. The zero-order chi connectivity index (χ0) is 25.3. The Hall–Kier alpha value is -4.06. The Kier molecular flexibility index (Phi) is 6.39. The monoisotopic (exact) mass is 500 g/mol. The Bertz CT molecular complexity index is 1130. The second kappa shape index (κ2) is 9.29. The first-order valence-corrected chi connectivity index (χ1v) is 10.9. The first-order chi connectivity index (χ1) is 16.8. The molecule has 4 amide bonds. The molecule has 0 unspecified atom stereocenters. The Morgan fingerprint density at radius 1 is 0.714 bits per heavy atom. The fraction of sp³-hybridized carbons (Fsp3) is 0.304. The van der Waals surface area contributed by atoms with E-state index in [2.05, 4.69) is 21.3 Å². The van der Waals surface area contributed by atoms with E-state index in [9.17, 15) is 14.4 Å². The van der Waals surface area contributed by atoms with Gasteiger partial charge in [-0.3, -0.25) is 20.2 Å². The number of thiocarbonyl (C=S) groups is 1. The molecule has 35 heavy (non-hydrogen) atoms. The lowest BCUT2D eigenvalue weighted by Gasteiger charge is -2.49. The zero-order valence-electron chi connectivity index (χ0n) is 19.4. The molecule has 4 rings (SSSR count). The fourth-order valence-electron chi connectivity index (χ4n) is 4.69. The maximum absolute atomic E-state index is 13.7. The number of urea groups is 1. The minimum absolute atomic E-state index is 0.165. The minimum Gasteiger partial charge on any atom is -0.493 e. The Morgan fingerprint density at radius 2 is 1.14 bits per heavy atom. The van der Waals surface area contributed by atoms with E-state index in [0.29, 0.717) is 34.1 Å². The van der Waals surface area contributed by atoms with Crippen molar-refractivity contribution in [2.45, 2.75) is 12.1 Å². The predicted octanol–water partition coefficient (Wildman–Crippen LogP) is 1.33. The van der Waals surface area contributed by atoms with Crippen molar-refractivity contribution in [3.05, 3.63) is 47.5 Å². The highest BCUT2D eigenvalue weighted by Crippen LogP contribution is 2.53. The van der Waals surface area contributed by atoms with Gasteiger partial charge in [-0.15, -0.1) is 0 Å². The summed E-state index contributed by atoms with van der Waals surface area (Å²) in [5, 5.41) is 10.7. The molecule has 2 atom stereocenters. The molecule has 2 aromatic rings. The van der Waals surface area contributed by atoms with E-state index in [4.69, 9.17) is 31.2 Å². The van der Waals surface area contributed by atoms with Crippen molar-refractivity contribution in [1.82, 2.24) is 21.3 Å². The fourth-order valence-corrected chi connectivity index (χ4v) is 4.93. The number of imide groups is 2. The van der Waals surface area contributed by atoms with Gasteiger partial charge < -0.3 is 29.6 Å². The lowest BCUT2D eigenvalue weighted by Crippen LogP contribution is -2.73. The van der Waals surface area contributed by atoms with Crippen LogP contribution in [0.5, 0.6) is 23.0 Å². The highest BCUT2D eigenvalue weighted by atomic mass is 32.1. The van der Waals surface area contributed by atoms with Gasteiger partial charge in [0.05, 0.1) is 40.5 Å². The zero-order valence-corrected chi connectivity index (χ0v) is 20.2. The first kappa shape index (κ1) is 24.1. The second-order valence-electron chi connectivity index (χ2n) is 7.76. The summed E-state index contributed by atoms with van der Waals surface area (Å²) >= 11 is 5.50. The van der Waals surface area contributed by atoms with Crippen molar-refractivity contribution < 1.29 is 33.3 Å². The van der Waals surface area contributed by atoms with Crippen LogP contribution in [0.1, 0.15) is 23.2 Å². The van der Waals surface area contributed by atoms with Crippen LogP contribution in [0.3, 0.4) is 0 Å². The van der Waals surface area contributed by atoms with Gasteiger partial charge in [-0.25, -0.2) is 4.79 Å². The number of hydrogen-bond donors (Lipinski definition) is 4. The molecule has 2 aliphatic heterocycles. The van der Waals surface area contributed by atoms with Gasteiger partial charge in [0.2, 0.25) is 11.8 Å². The van der Waals surface area contributed by atoms with Crippen molar-refractivity contribution >= 4 is 35.2 Å². The van der Waals surface area contributed by atoms with Crippen LogP contribution in [0, 0.1) is 5.41 Å².